The predicted molar refractivity (Wildman–Crippen MR) is 71.6 cm³/mol. The smallest absolute Gasteiger partial charge is 0.293 e. The first-order valence-corrected chi connectivity index (χ1v) is 5.71. The number of hydrogen-bond donors (Lipinski definition) is 2. The zero-order chi connectivity index (χ0) is 13.7. The second kappa shape index (κ2) is 5.85. The van der Waals surface area contributed by atoms with Crippen molar-refractivity contribution < 1.29 is 9.21 Å². The van der Waals surface area contributed by atoms with E-state index in [-0.39, 0.29) is 11.7 Å². The molecule has 0 bridgehead atoms. The van der Waals surface area contributed by atoms with E-state index in [0.29, 0.717) is 17.9 Å². The highest BCUT2D eigenvalue weighted by Crippen LogP contribution is 2.13. The van der Waals surface area contributed by atoms with E-state index >= 15 is 0 Å². The number of nitrogens with zero attached hydrogens (tertiary/aromatic N) is 1. The molecule has 0 aliphatic heterocycles. The second-order valence-corrected chi connectivity index (χ2v) is 3.81. The molecule has 0 atom stereocenters. The van der Waals surface area contributed by atoms with Gasteiger partial charge in [0.05, 0.1) is 12.2 Å². The summed E-state index contributed by atoms with van der Waals surface area (Å²) in [7, 11) is 0. The Bertz CT molecular complexity index is 650. The molecule has 5 heteroatoms. The molecule has 1 aromatic carbocycles. The van der Waals surface area contributed by atoms with E-state index < -0.39 is 0 Å². The minimum absolute atomic E-state index is 0.207. The lowest BCUT2D eigenvalue weighted by molar-refractivity contribution is 0.0996. The van der Waals surface area contributed by atoms with Crippen molar-refractivity contribution in [3.05, 3.63) is 47.7 Å². The van der Waals surface area contributed by atoms with Crippen molar-refractivity contribution in [3.8, 4) is 11.8 Å². The number of aromatic nitrogens is 1. The summed E-state index contributed by atoms with van der Waals surface area (Å²) in [5.74, 6) is 5.53. The van der Waals surface area contributed by atoms with Crippen LogP contribution in [0.25, 0.3) is 0 Å². The number of nitrogens with one attached hydrogen (secondary N) is 1. The lowest BCUT2D eigenvalue weighted by atomic mass is 10.2. The molecule has 0 aliphatic rings. The van der Waals surface area contributed by atoms with E-state index in [1.807, 2.05) is 12.1 Å². The minimum atomic E-state index is -0.334. The Kier molecular flexibility index (Phi) is 3.96. The van der Waals surface area contributed by atoms with Gasteiger partial charge in [-0.05, 0) is 25.1 Å². The number of carbonyl (C=O) groups is 1. The molecular weight excluding hydrogens is 242 g/mol. The number of hydrogen-bond acceptors (Lipinski definition) is 4. The molecule has 0 saturated heterocycles. The molecule has 1 aromatic heterocycles. The Morgan fingerprint density at radius 3 is 3.05 bits per heavy atom. The van der Waals surface area contributed by atoms with Crippen molar-refractivity contribution in [3.63, 3.8) is 0 Å². The van der Waals surface area contributed by atoms with Gasteiger partial charge < -0.3 is 15.5 Å². The highest BCUT2D eigenvalue weighted by Gasteiger charge is 2.13. The predicted octanol–water partition coefficient (Wildman–Crippen LogP) is 1.55. The molecule has 0 spiro atoms. The van der Waals surface area contributed by atoms with Crippen molar-refractivity contribution in [2.24, 2.45) is 5.73 Å². The molecule has 96 valence electrons. The number of carbonyl (C=O) groups excluding carboxylic acids is 1. The topological polar surface area (TPSA) is 81.2 Å². The van der Waals surface area contributed by atoms with Crippen LogP contribution in [0.5, 0.6) is 0 Å². The van der Waals surface area contributed by atoms with Crippen LogP contribution in [-0.2, 0) is 0 Å². The zero-order valence-corrected chi connectivity index (χ0v) is 10.4. The van der Waals surface area contributed by atoms with Crippen molar-refractivity contribution in [2.45, 2.75) is 6.92 Å². The fraction of sp³-hybridized carbons (Fsp3) is 0.143. The number of aryl methyl sites for hydroxylation is 1. The molecular formula is C14H13N3O2. The van der Waals surface area contributed by atoms with Crippen LogP contribution < -0.4 is 11.1 Å². The lowest BCUT2D eigenvalue weighted by Gasteiger charge is -2.03. The molecule has 0 fully saturated rings. The second-order valence-electron chi connectivity index (χ2n) is 3.81. The maximum absolute atomic E-state index is 11.9. The third kappa shape index (κ3) is 3.21. The Morgan fingerprint density at radius 1 is 1.53 bits per heavy atom. The van der Waals surface area contributed by atoms with Gasteiger partial charge in [0.1, 0.15) is 0 Å². The fourth-order valence-corrected chi connectivity index (χ4v) is 1.54. The molecule has 19 heavy (non-hydrogen) atoms. The summed E-state index contributed by atoms with van der Waals surface area (Å²) in [5.41, 5.74) is 7.30. The quantitative estimate of drug-likeness (QED) is 0.798. The van der Waals surface area contributed by atoms with Crippen LogP contribution in [0.15, 0.2) is 35.1 Å². The van der Waals surface area contributed by atoms with Crippen LogP contribution in [0.3, 0.4) is 0 Å². The molecule has 0 unspecified atom stereocenters. The Labute approximate surface area is 110 Å². The monoisotopic (exact) mass is 255 g/mol. The largest absolute Gasteiger partial charge is 0.438 e. The molecule has 2 aromatic rings. The van der Waals surface area contributed by atoms with Gasteiger partial charge in [0, 0.05) is 11.3 Å². The first-order valence-electron chi connectivity index (χ1n) is 5.71. The summed E-state index contributed by atoms with van der Waals surface area (Å²) in [6, 6.07) is 7.20. The molecule has 2 rings (SSSR count). The number of rotatable bonds is 2. The summed E-state index contributed by atoms with van der Waals surface area (Å²) in [6.07, 6.45) is 1.24. The molecule has 0 saturated carbocycles. The third-order valence-electron chi connectivity index (χ3n) is 2.41. The van der Waals surface area contributed by atoms with Crippen LogP contribution in [0, 0.1) is 18.8 Å². The van der Waals surface area contributed by atoms with Gasteiger partial charge in [0.25, 0.3) is 5.91 Å². The van der Waals surface area contributed by atoms with Crippen LogP contribution >= 0.6 is 0 Å². The summed E-state index contributed by atoms with van der Waals surface area (Å²) in [6.45, 7) is 2.01. The van der Waals surface area contributed by atoms with E-state index in [1.165, 1.54) is 6.39 Å². The van der Waals surface area contributed by atoms with Gasteiger partial charge in [-0.1, -0.05) is 17.9 Å². The van der Waals surface area contributed by atoms with E-state index in [4.69, 9.17) is 10.2 Å². The van der Waals surface area contributed by atoms with Gasteiger partial charge in [0.15, 0.2) is 6.39 Å². The van der Waals surface area contributed by atoms with Crippen molar-refractivity contribution in [1.82, 2.24) is 4.98 Å². The zero-order valence-electron chi connectivity index (χ0n) is 10.4. The van der Waals surface area contributed by atoms with Crippen LogP contribution in [0.4, 0.5) is 5.69 Å². The maximum atomic E-state index is 11.9. The normalized spacial score (nSPS) is 9.58. The summed E-state index contributed by atoms with van der Waals surface area (Å²) in [4.78, 5) is 15.8. The number of benzene rings is 1. The van der Waals surface area contributed by atoms with Crippen LogP contribution in [-0.4, -0.2) is 17.4 Å². The summed E-state index contributed by atoms with van der Waals surface area (Å²) < 4.78 is 5.03. The molecule has 5 nitrogen and oxygen atoms in total. The molecule has 1 heterocycles. The van der Waals surface area contributed by atoms with Crippen molar-refractivity contribution in [1.29, 1.82) is 0 Å². The standard InChI is InChI=1S/C14H13N3O2/c1-10-13(19-9-16-10)14(18)17-12-6-2-4-11(8-12)5-3-7-15/h2,4,6,8-9H,7,15H2,1H3,(H,17,18). The van der Waals surface area contributed by atoms with Gasteiger partial charge in [-0.15, -0.1) is 0 Å². The van der Waals surface area contributed by atoms with Gasteiger partial charge in [0.2, 0.25) is 5.76 Å². The highest BCUT2D eigenvalue weighted by molar-refractivity contribution is 6.02. The van der Waals surface area contributed by atoms with Gasteiger partial charge >= 0.3 is 0 Å². The Hall–Kier alpha value is -2.58. The Morgan fingerprint density at radius 2 is 2.37 bits per heavy atom. The van der Waals surface area contributed by atoms with E-state index in [9.17, 15) is 4.79 Å². The number of amides is 1. The molecule has 1 amide bonds. The van der Waals surface area contributed by atoms with Crippen molar-refractivity contribution in [2.75, 3.05) is 11.9 Å². The number of nitrogens with two attached hydrogens (primary N) is 1. The van der Waals surface area contributed by atoms with Crippen LogP contribution in [0.1, 0.15) is 21.8 Å². The van der Waals surface area contributed by atoms with Gasteiger partial charge in [-0.3, -0.25) is 4.79 Å². The molecule has 0 radical (unpaired) electrons. The van der Waals surface area contributed by atoms with E-state index in [1.54, 1.807) is 19.1 Å². The first-order chi connectivity index (χ1) is 9.20. The lowest BCUT2D eigenvalue weighted by Crippen LogP contribution is -2.12. The average Bonchev–Trinajstić information content (AvgIpc) is 2.83. The maximum Gasteiger partial charge on any atom is 0.293 e. The number of oxazole rings is 1. The highest BCUT2D eigenvalue weighted by atomic mass is 16.3. The minimum Gasteiger partial charge on any atom is -0.438 e. The van der Waals surface area contributed by atoms with Crippen LogP contribution in [0.2, 0.25) is 0 Å². The van der Waals surface area contributed by atoms with E-state index in [0.717, 1.165) is 5.56 Å². The Balaban J connectivity index is 2.15. The first kappa shape index (κ1) is 12.9. The third-order valence-corrected chi connectivity index (χ3v) is 2.41. The number of anilines is 1. The SMILES string of the molecule is Cc1ncoc1C(=O)Nc1cccc(C#CCN)c1. The van der Waals surface area contributed by atoms with Gasteiger partial charge in [-0.25, -0.2) is 4.98 Å². The van der Waals surface area contributed by atoms with Crippen molar-refractivity contribution >= 4 is 11.6 Å². The van der Waals surface area contributed by atoms with E-state index in [2.05, 4.69) is 22.1 Å². The summed E-state index contributed by atoms with van der Waals surface area (Å²) in [5, 5.41) is 2.73. The fourth-order valence-electron chi connectivity index (χ4n) is 1.54. The summed E-state index contributed by atoms with van der Waals surface area (Å²) >= 11 is 0. The molecule has 0 aliphatic carbocycles. The average molecular weight is 255 g/mol. The molecule has 3 N–H and O–H groups in total. The van der Waals surface area contributed by atoms with Gasteiger partial charge in [-0.2, -0.15) is 0 Å².